The summed E-state index contributed by atoms with van der Waals surface area (Å²) in [6.45, 7) is 4.41. The van der Waals surface area contributed by atoms with Crippen molar-refractivity contribution < 1.29 is 19.6 Å². The van der Waals surface area contributed by atoms with E-state index in [1.807, 2.05) is 0 Å². The van der Waals surface area contributed by atoms with Crippen molar-refractivity contribution in [3.8, 4) is 0 Å². The zero-order chi connectivity index (χ0) is 15.4. The van der Waals surface area contributed by atoms with Gasteiger partial charge in [-0.2, -0.15) is 0 Å². The lowest BCUT2D eigenvalue weighted by Gasteiger charge is -2.25. The summed E-state index contributed by atoms with van der Waals surface area (Å²) in [5, 5.41) is 19.7. The molecule has 0 aliphatic carbocycles. The van der Waals surface area contributed by atoms with Crippen molar-refractivity contribution in [2.75, 3.05) is 6.54 Å². The number of carbonyl (C=O) groups is 2. The topological polar surface area (TPSA) is 101 Å². The predicted molar refractivity (Wildman–Crippen MR) is 71.6 cm³/mol. The van der Waals surface area contributed by atoms with Crippen LogP contribution < -0.4 is 0 Å². The third-order valence-corrected chi connectivity index (χ3v) is 2.92. The van der Waals surface area contributed by atoms with E-state index in [1.165, 1.54) is 25.1 Å². The van der Waals surface area contributed by atoms with Gasteiger partial charge in [-0.1, -0.05) is 6.07 Å². The molecule has 0 radical (unpaired) electrons. The van der Waals surface area contributed by atoms with Crippen LogP contribution in [0.25, 0.3) is 0 Å². The highest BCUT2D eigenvalue weighted by Crippen LogP contribution is 2.22. The van der Waals surface area contributed by atoms with E-state index in [-0.39, 0.29) is 22.9 Å². The Balaban J connectivity index is 3.22. The van der Waals surface area contributed by atoms with E-state index in [1.54, 1.807) is 13.8 Å². The largest absolute Gasteiger partial charge is 0.480 e. The van der Waals surface area contributed by atoms with Crippen LogP contribution in [0.5, 0.6) is 0 Å². The van der Waals surface area contributed by atoms with Crippen LogP contribution in [0.15, 0.2) is 18.2 Å². The number of hydrogen-bond donors (Lipinski definition) is 1. The minimum atomic E-state index is -1.13. The molecule has 1 rings (SSSR count). The van der Waals surface area contributed by atoms with Gasteiger partial charge in [0.25, 0.3) is 11.6 Å². The Morgan fingerprint density at radius 1 is 1.40 bits per heavy atom. The maximum Gasteiger partial charge on any atom is 0.323 e. The highest BCUT2D eigenvalue weighted by Gasteiger charge is 2.25. The molecule has 7 nitrogen and oxygen atoms in total. The van der Waals surface area contributed by atoms with Crippen LogP contribution in [0, 0.1) is 17.0 Å². The number of amides is 1. The highest BCUT2D eigenvalue weighted by atomic mass is 16.6. The summed E-state index contributed by atoms with van der Waals surface area (Å²) < 4.78 is 0. The van der Waals surface area contributed by atoms with Crippen LogP contribution in [0.2, 0.25) is 0 Å². The molecule has 1 aromatic rings. The molecule has 0 saturated heterocycles. The summed E-state index contributed by atoms with van der Waals surface area (Å²) in [6, 6.07) is 3.86. The molecule has 1 amide bonds. The molecule has 0 heterocycles. The van der Waals surface area contributed by atoms with E-state index >= 15 is 0 Å². The number of carboxylic acids is 1. The van der Waals surface area contributed by atoms with Crippen molar-refractivity contribution in [1.82, 2.24) is 4.90 Å². The number of benzene rings is 1. The molecule has 108 valence electrons. The van der Waals surface area contributed by atoms with Crippen molar-refractivity contribution >= 4 is 17.6 Å². The van der Waals surface area contributed by atoms with Gasteiger partial charge < -0.3 is 10.0 Å². The van der Waals surface area contributed by atoms with E-state index in [9.17, 15) is 19.7 Å². The van der Waals surface area contributed by atoms with Gasteiger partial charge in [-0.25, -0.2) is 0 Å². The van der Waals surface area contributed by atoms with E-state index in [4.69, 9.17) is 5.11 Å². The van der Waals surface area contributed by atoms with Gasteiger partial charge in [0.05, 0.1) is 4.92 Å². The van der Waals surface area contributed by atoms with Crippen molar-refractivity contribution in [3.63, 3.8) is 0 Å². The normalized spacial score (nSPS) is 10.4. The average molecular weight is 280 g/mol. The summed E-state index contributed by atoms with van der Waals surface area (Å²) in [6.07, 6.45) is 0. The van der Waals surface area contributed by atoms with Gasteiger partial charge in [-0.15, -0.1) is 0 Å². The zero-order valence-electron chi connectivity index (χ0n) is 11.5. The molecule has 1 N–H and O–H groups in total. The fourth-order valence-electron chi connectivity index (χ4n) is 1.84. The molecule has 0 aromatic heterocycles. The number of aliphatic carboxylic acids is 1. The third kappa shape index (κ3) is 3.31. The molecule has 0 fully saturated rings. The smallest absolute Gasteiger partial charge is 0.323 e. The van der Waals surface area contributed by atoms with Gasteiger partial charge >= 0.3 is 5.97 Å². The van der Waals surface area contributed by atoms with Crippen LogP contribution in [0.1, 0.15) is 29.8 Å². The van der Waals surface area contributed by atoms with Gasteiger partial charge in [-0.05, 0) is 26.8 Å². The minimum absolute atomic E-state index is 0.147. The fraction of sp³-hybridized carbons (Fsp3) is 0.385. The Hall–Kier alpha value is -2.44. The first-order valence-electron chi connectivity index (χ1n) is 6.02. The Morgan fingerprint density at radius 3 is 2.45 bits per heavy atom. The molecule has 0 saturated carbocycles. The number of carboxylic acid groups (broad SMARTS) is 1. The molecular formula is C13H16N2O5. The van der Waals surface area contributed by atoms with Crippen LogP contribution in [0.4, 0.5) is 5.69 Å². The fourth-order valence-corrected chi connectivity index (χ4v) is 1.84. The first-order valence-corrected chi connectivity index (χ1v) is 6.02. The number of nitro benzene ring substituents is 1. The highest BCUT2D eigenvalue weighted by molar-refractivity contribution is 5.98. The molecule has 0 aliphatic rings. The lowest BCUT2D eigenvalue weighted by atomic mass is 10.0. The molecular weight excluding hydrogens is 264 g/mol. The Kier molecular flexibility index (Phi) is 4.79. The molecule has 0 atom stereocenters. The number of nitrogens with zero attached hydrogens (tertiary/aromatic N) is 2. The van der Waals surface area contributed by atoms with Crippen LogP contribution in [-0.2, 0) is 4.79 Å². The maximum atomic E-state index is 12.4. The van der Waals surface area contributed by atoms with Crippen LogP contribution in [0.3, 0.4) is 0 Å². The lowest BCUT2D eigenvalue weighted by Crippen LogP contribution is -2.41. The Bertz CT molecular complexity index is 554. The molecule has 0 bridgehead atoms. The first-order chi connectivity index (χ1) is 9.25. The maximum absolute atomic E-state index is 12.4. The minimum Gasteiger partial charge on any atom is -0.480 e. The quantitative estimate of drug-likeness (QED) is 0.655. The first kappa shape index (κ1) is 15.6. The van der Waals surface area contributed by atoms with E-state index in [0.717, 1.165) is 4.90 Å². The van der Waals surface area contributed by atoms with Gasteiger partial charge in [0, 0.05) is 23.2 Å². The monoisotopic (exact) mass is 280 g/mol. The number of nitro groups is 1. The van der Waals surface area contributed by atoms with Gasteiger partial charge in [0.1, 0.15) is 6.54 Å². The predicted octanol–water partition coefficient (Wildman–Crippen LogP) is 1.84. The molecule has 0 aliphatic heterocycles. The van der Waals surface area contributed by atoms with E-state index < -0.39 is 23.3 Å². The molecule has 0 spiro atoms. The second-order valence-electron chi connectivity index (χ2n) is 4.63. The molecule has 20 heavy (non-hydrogen) atoms. The number of carbonyl (C=O) groups excluding carboxylic acids is 1. The number of hydrogen-bond acceptors (Lipinski definition) is 4. The van der Waals surface area contributed by atoms with Crippen LogP contribution >= 0.6 is 0 Å². The zero-order valence-corrected chi connectivity index (χ0v) is 11.5. The summed E-state index contributed by atoms with van der Waals surface area (Å²) in [5.41, 5.74) is 0.225. The van der Waals surface area contributed by atoms with Gasteiger partial charge in [-0.3, -0.25) is 19.7 Å². The average Bonchev–Trinajstić information content (AvgIpc) is 2.34. The van der Waals surface area contributed by atoms with Crippen molar-refractivity contribution in [3.05, 3.63) is 39.4 Å². The Labute approximate surface area is 116 Å². The lowest BCUT2D eigenvalue weighted by molar-refractivity contribution is -0.385. The van der Waals surface area contributed by atoms with Gasteiger partial charge in [0.2, 0.25) is 0 Å². The molecule has 0 unspecified atom stereocenters. The van der Waals surface area contributed by atoms with Crippen molar-refractivity contribution in [2.24, 2.45) is 0 Å². The Morgan fingerprint density at radius 2 is 2.00 bits per heavy atom. The third-order valence-electron chi connectivity index (χ3n) is 2.92. The van der Waals surface area contributed by atoms with E-state index in [0.29, 0.717) is 0 Å². The number of rotatable bonds is 5. The van der Waals surface area contributed by atoms with Crippen LogP contribution in [-0.4, -0.2) is 39.4 Å². The summed E-state index contributed by atoms with van der Waals surface area (Å²) >= 11 is 0. The summed E-state index contributed by atoms with van der Waals surface area (Å²) in [4.78, 5) is 34.6. The summed E-state index contributed by atoms with van der Waals surface area (Å²) in [5.74, 6) is -1.65. The van der Waals surface area contributed by atoms with Crippen molar-refractivity contribution in [2.45, 2.75) is 26.8 Å². The molecule has 1 aromatic carbocycles. The SMILES string of the molecule is Cc1c(C(=O)N(CC(=O)O)C(C)C)cccc1[N+](=O)[O-]. The standard InChI is InChI=1S/C13H16N2O5/c1-8(2)14(7-12(16)17)13(18)10-5-4-6-11(9(10)3)15(19)20/h4-6,8H,7H2,1-3H3,(H,16,17). The van der Waals surface area contributed by atoms with E-state index in [2.05, 4.69) is 0 Å². The molecule has 7 heteroatoms. The summed E-state index contributed by atoms with van der Waals surface area (Å²) in [7, 11) is 0. The second kappa shape index (κ2) is 6.14. The van der Waals surface area contributed by atoms with Gasteiger partial charge in [0.15, 0.2) is 0 Å². The van der Waals surface area contributed by atoms with Crippen molar-refractivity contribution in [1.29, 1.82) is 0 Å². The second-order valence-corrected chi connectivity index (χ2v) is 4.63.